The van der Waals surface area contributed by atoms with E-state index in [9.17, 15) is 4.79 Å². The van der Waals surface area contributed by atoms with Gasteiger partial charge >= 0.3 is 6.09 Å². The van der Waals surface area contributed by atoms with E-state index in [1.165, 1.54) is 0 Å². The Kier molecular flexibility index (Phi) is 4.17. The SMILES string of the molecule is CC(C)(C)OC(=O)N1CCC2(C=Cc3cc(Br)ccc3O2)CC1. The average Bonchev–Trinajstić information content (AvgIpc) is 2.47. The minimum Gasteiger partial charge on any atom is -0.482 e. The van der Waals surface area contributed by atoms with Crippen LogP contribution >= 0.6 is 15.9 Å². The number of carbonyl (C=O) groups excluding carboxylic acids is 1. The van der Waals surface area contributed by atoms with Crippen molar-refractivity contribution in [3.8, 4) is 5.75 Å². The van der Waals surface area contributed by atoms with Gasteiger partial charge in [-0.15, -0.1) is 0 Å². The maximum Gasteiger partial charge on any atom is 0.410 e. The molecule has 4 nitrogen and oxygen atoms in total. The Bertz CT molecular complexity index is 640. The van der Waals surface area contributed by atoms with Crippen molar-refractivity contribution in [1.82, 2.24) is 4.90 Å². The number of likely N-dealkylation sites (tertiary alicyclic amines) is 1. The van der Waals surface area contributed by atoms with Crippen molar-refractivity contribution in [3.63, 3.8) is 0 Å². The number of piperidine rings is 1. The van der Waals surface area contributed by atoms with Gasteiger partial charge in [-0.3, -0.25) is 0 Å². The van der Waals surface area contributed by atoms with Crippen LogP contribution in [-0.4, -0.2) is 35.3 Å². The number of rotatable bonds is 0. The average molecular weight is 380 g/mol. The lowest BCUT2D eigenvalue weighted by molar-refractivity contribution is -0.00101. The molecule has 2 aliphatic rings. The number of halogens is 1. The van der Waals surface area contributed by atoms with E-state index in [4.69, 9.17) is 9.47 Å². The fourth-order valence-electron chi connectivity index (χ4n) is 2.90. The first-order chi connectivity index (χ1) is 10.8. The van der Waals surface area contributed by atoms with Crippen LogP contribution < -0.4 is 4.74 Å². The molecule has 124 valence electrons. The topological polar surface area (TPSA) is 38.8 Å². The molecule has 1 spiro atoms. The molecule has 5 heteroatoms. The Labute approximate surface area is 145 Å². The first-order valence-corrected chi connectivity index (χ1v) is 8.71. The monoisotopic (exact) mass is 379 g/mol. The van der Waals surface area contributed by atoms with Gasteiger partial charge in [-0.2, -0.15) is 0 Å². The van der Waals surface area contributed by atoms with E-state index in [1.807, 2.05) is 32.9 Å². The molecule has 0 aliphatic carbocycles. The number of fused-ring (bicyclic) bond motifs is 1. The smallest absolute Gasteiger partial charge is 0.410 e. The van der Waals surface area contributed by atoms with Gasteiger partial charge in [0.1, 0.15) is 17.0 Å². The van der Waals surface area contributed by atoms with Gasteiger partial charge in [-0.05, 0) is 45.0 Å². The lowest BCUT2D eigenvalue weighted by Crippen LogP contribution is -2.50. The summed E-state index contributed by atoms with van der Waals surface area (Å²) in [5.74, 6) is 0.904. The van der Waals surface area contributed by atoms with Gasteiger partial charge in [0.15, 0.2) is 0 Å². The van der Waals surface area contributed by atoms with Crippen molar-refractivity contribution in [2.75, 3.05) is 13.1 Å². The zero-order valence-corrected chi connectivity index (χ0v) is 15.4. The fraction of sp³-hybridized carbons (Fsp3) is 0.500. The van der Waals surface area contributed by atoms with E-state index in [2.05, 4.69) is 34.1 Å². The summed E-state index contributed by atoms with van der Waals surface area (Å²) in [5, 5.41) is 0. The predicted molar refractivity (Wildman–Crippen MR) is 93.6 cm³/mol. The van der Waals surface area contributed by atoms with Crippen molar-refractivity contribution in [2.45, 2.75) is 44.8 Å². The summed E-state index contributed by atoms with van der Waals surface area (Å²) in [6, 6.07) is 6.03. The molecule has 2 heterocycles. The van der Waals surface area contributed by atoms with E-state index < -0.39 is 5.60 Å². The van der Waals surface area contributed by atoms with Gasteiger partial charge in [-0.1, -0.05) is 22.0 Å². The van der Waals surface area contributed by atoms with Crippen molar-refractivity contribution >= 4 is 28.1 Å². The van der Waals surface area contributed by atoms with Crippen LogP contribution in [0.15, 0.2) is 28.7 Å². The van der Waals surface area contributed by atoms with E-state index in [0.29, 0.717) is 13.1 Å². The molecule has 23 heavy (non-hydrogen) atoms. The van der Waals surface area contributed by atoms with Gasteiger partial charge in [0.05, 0.1) is 0 Å². The highest BCUT2D eigenvalue weighted by Gasteiger charge is 2.38. The summed E-state index contributed by atoms with van der Waals surface area (Å²) in [7, 11) is 0. The molecule has 2 aliphatic heterocycles. The third-order valence-corrected chi connectivity index (χ3v) is 4.61. The number of nitrogens with zero attached hydrogens (tertiary/aromatic N) is 1. The van der Waals surface area contributed by atoms with Gasteiger partial charge in [0.2, 0.25) is 0 Å². The van der Waals surface area contributed by atoms with E-state index >= 15 is 0 Å². The van der Waals surface area contributed by atoms with Crippen molar-refractivity contribution < 1.29 is 14.3 Å². The van der Waals surface area contributed by atoms with E-state index in [1.54, 1.807) is 4.90 Å². The molecule has 0 saturated carbocycles. The number of hydrogen-bond donors (Lipinski definition) is 0. The second-order valence-corrected chi connectivity index (χ2v) is 8.07. The highest BCUT2D eigenvalue weighted by atomic mass is 79.9. The summed E-state index contributed by atoms with van der Waals surface area (Å²) in [6.07, 6.45) is 5.56. The van der Waals surface area contributed by atoms with Gasteiger partial charge in [0, 0.05) is 36.0 Å². The molecular formula is C18H22BrNO3. The van der Waals surface area contributed by atoms with Crippen LogP contribution in [0.1, 0.15) is 39.2 Å². The molecule has 0 bridgehead atoms. The molecular weight excluding hydrogens is 358 g/mol. The maximum atomic E-state index is 12.2. The number of hydrogen-bond acceptors (Lipinski definition) is 3. The largest absolute Gasteiger partial charge is 0.482 e. The molecule has 0 aromatic heterocycles. The first-order valence-electron chi connectivity index (χ1n) is 7.92. The maximum absolute atomic E-state index is 12.2. The third kappa shape index (κ3) is 3.71. The van der Waals surface area contributed by atoms with Gasteiger partial charge in [0.25, 0.3) is 0 Å². The van der Waals surface area contributed by atoms with Crippen LogP contribution in [0, 0.1) is 0 Å². The van der Waals surface area contributed by atoms with Crippen molar-refractivity contribution in [1.29, 1.82) is 0 Å². The number of ether oxygens (including phenoxy) is 2. The highest BCUT2D eigenvalue weighted by Crippen LogP contribution is 2.38. The molecule has 3 rings (SSSR count). The highest BCUT2D eigenvalue weighted by molar-refractivity contribution is 9.10. The zero-order chi connectivity index (χ0) is 16.7. The van der Waals surface area contributed by atoms with E-state index in [0.717, 1.165) is 28.6 Å². The summed E-state index contributed by atoms with van der Waals surface area (Å²) in [5.41, 5.74) is 0.318. The number of amides is 1. The van der Waals surface area contributed by atoms with E-state index in [-0.39, 0.29) is 11.7 Å². The van der Waals surface area contributed by atoms with Crippen LogP contribution in [0.4, 0.5) is 4.79 Å². The van der Waals surface area contributed by atoms with Crippen molar-refractivity contribution in [2.24, 2.45) is 0 Å². The Morgan fingerprint density at radius 2 is 2.00 bits per heavy atom. The molecule has 1 amide bonds. The molecule has 0 atom stereocenters. The van der Waals surface area contributed by atoms with Gasteiger partial charge < -0.3 is 14.4 Å². The quantitative estimate of drug-likeness (QED) is 0.659. The molecule has 0 radical (unpaired) electrons. The van der Waals surface area contributed by atoms with Crippen LogP contribution in [0.25, 0.3) is 6.08 Å². The first kappa shape index (κ1) is 16.4. The zero-order valence-electron chi connectivity index (χ0n) is 13.8. The summed E-state index contributed by atoms with van der Waals surface area (Å²) < 4.78 is 12.7. The summed E-state index contributed by atoms with van der Waals surface area (Å²) >= 11 is 3.48. The minimum absolute atomic E-state index is 0.239. The van der Waals surface area contributed by atoms with Crippen molar-refractivity contribution in [3.05, 3.63) is 34.3 Å². The standard InChI is InChI=1S/C18H22BrNO3/c1-17(2,3)23-16(21)20-10-8-18(9-11-20)7-6-13-12-14(19)4-5-15(13)22-18/h4-7,12H,8-11H2,1-3H3. The summed E-state index contributed by atoms with van der Waals surface area (Å²) in [4.78, 5) is 13.9. The minimum atomic E-state index is -0.459. The molecule has 1 aromatic carbocycles. The Hall–Kier alpha value is -1.49. The lowest BCUT2D eigenvalue weighted by Gasteiger charge is -2.42. The predicted octanol–water partition coefficient (Wildman–Crippen LogP) is 4.62. The summed E-state index contributed by atoms with van der Waals surface area (Å²) in [6.45, 7) is 6.95. The molecule has 1 aromatic rings. The fourth-order valence-corrected chi connectivity index (χ4v) is 3.28. The second-order valence-electron chi connectivity index (χ2n) is 7.15. The van der Waals surface area contributed by atoms with Gasteiger partial charge in [-0.25, -0.2) is 4.79 Å². The van der Waals surface area contributed by atoms with Crippen LogP contribution in [0.5, 0.6) is 5.75 Å². The number of benzene rings is 1. The molecule has 0 N–H and O–H groups in total. The third-order valence-electron chi connectivity index (χ3n) is 4.11. The lowest BCUT2D eigenvalue weighted by atomic mass is 9.88. The number of carbonyl (C=O) groups is 1. The van der Waals surface area contributed by atoms with Crippen LogP contribution in [0.2, 0.25) is 0 Å². The van der Waals surface area contributed by atoms with Crippen LogP contribution in [-0.2, 0) is 4.74 Å². The molecule has 1 saturated heterocycles. The Morgan fingerprint density at radius 3 is 2.65 bits per heavy atom. The Morgan fingerprint density at radius 1 is 1.30 bits per heavy atom. The second kappa shape index (κ2) is 5.86. The molecule has 1 fully saturated rings. The van der Waals surface area contributed by atoms with Crippen LogP contribution in [0.3, 0.4) is 0 Å². The molecule has 0 unspecified atom stereocenters. The Balaban J connectivity index is 1.66. The normalized spacial score (nSPS) is 19.2.